The highest BCUT2D eigenvalue weighted by atomic mass is 16.5. The van der Waals surface area contributed by atoms with Crippen LogP contribution in [0.15, 0.2) is 5.10 Å². The molecule has 0 saturated heterocycles. The second-order valence-electron chi connectivity index (χ2n) is 11.2. The monoisotopic (exact) mass is 418 g/mol. The molecule has 8 unspecified atom stereocenters. The number of fused-ring (bicyclic) bond motifs is 5. The van der Waals surface area contributed by atoms with Crippen molar-refractivity contribution in [2.45, 2.75) is 71.6 Å². The average molecular weight is 419 g/mol. The van der Waals surface area contributed by atoms with E-state index in [0.29, 0.717) is 11.3 Å². The van der Waals surface area contributed by atoms with E-state index in [1.807, 2.05) is 7.11 Å². The summed E-state index contributed by atoms with van der Waals surface area (Å²) in [6.45, 7) is 5.91. The number of hydrazine groups is 1. The Bertz CT molecular complexity index is 670. The van der Waals surface area contributed by atoms with E-state index in [2.05, 4.69) is 18.9 Å². The lowest BCUT2D eigenvalue weighted by atomic mass is 9.44. The number of hydrogen-bond donors (Lipinski definition) is 2. The van der Waals surface area contributed by atoms with Crippen LogP contribution in [-0.2, 0) is 9.53 Å². The second-order valence-corrected chi connectivity index (χ2v) is 11.2. The molecule has 6 nitrogen and oxygen atoms in total. The molecule has 4 aliphatic carbocycles. The van der Waals surface area contributed by atoms with Gasteiger partial charge in [0.25, 0.3) is 0 Å². The van der Waals surface area contributed by atoms with Gasteiger partial charge in [0, 0.05) is 13.0 Å². The quantitative estimate of drug-likeness (QED) is 0.298. The van der Waals surface area contributed by atoms with E-state index < -0.39 is 0 Å². The topological polar surface area (TPSA) is 93.9 Å². The summed E-state index contributed by atoms with van der Waals surface area (Å²) in [4.78, 5) is 13.1. The molecule has 0 radical (unpaired) electrons. The fourth-order valence-corrected chi connectivity index (χ4v) is 8.74. The van der Waals surface area contributed by atoms with Gasteiger partial charge in [-0.1, -0.05) is 20.3 Å². The molecule has 0 heterocycles. The van der Waals surface area contributed by atoms with Gasteiger partial charge in [0.1, 0.15) is 12.9 Å². The molecule has 0 aromatic heterocycles. The number of hydrazone groups is 1. The van der Waals surface area contributed by atoms with Gasteiger partial charge in [-0.3, -0.25) is 4.79 Å². The number of ketones is 1. The van der Waals surface area contributed by atoms with Crippen molar-refractivity contribution in [3.8, 4) is 0 Å². The van der Waals surface area contributed by atoms with Crippen LogP contribution in [0.25, 0.3) is 0 Å². The highest BCUT2D eigenvalue weighted by Crippen LogP contribution is 2.68. The van der Waals surface area contributed by atoms with E-state index in [4.69, 9.17) is 16.3 Å². The Morgan fingerprint density at radius 3 is 2.70 bits per heavy atom. The standard InChI is InChI=1S/C24H42N4O2/c1-16-8-11-24(14-30-3)17(12-16)4-5-18-19-6-7-21(22(29)13-28(26)27-15-25)23(19,2)10-9-20(18)24/h15-21H,4-14,26H2,1-3H3,(H2,25,27). The Balaban J connectivity index is 1.55. The first-order valence-corrected chi connectivity index (χ1v) is 12.1. The molecule has 6 heteroatoms. The van der Waals surface area contributed by atoms with Crippen LogP contribution >= 0.6 is 0 Å². The summed E-state index contributed by atoms with van der Waals surface area (Å²) in [5, 5.41) is 5.03. The van der Waals surface area contributed by atoms with Crippen molar-refractivity contribution in [2.75, 3.05) is 20.3 Å². The number of hydrogen-bond acceptors (Lipinski definition) is 5. The summed E-state index contributed by atoms with van der Waals surface area (Å²) in [7, 11) is 1.90. The number of nitrogens with two attached hydrogens (primary N) is 2. The summed E-state index contributed by atoms with van der Waals surface area (Å²) in [5.74, 6) is 10.0. The van der Waals surface area contributed by atoms with Crippen LogP contribution < -0.4 is 11.6 Å². The lowest BCUT2D eigenvalue weighted by Gasteiger charge is -2.62. The molecule has 0 spiro atoms. The number of methoxy groups -OCH3 is 1. The van der Waals surface area contributed by atoms with Gasteiger partial charge in [0.15, 0.2) is 5.78 Å². The number of carbonyl (C=O) groups excluding carboxylic acids is 1. The molecule has 4 N–H and O–H groups in total. The molecular weight excluding hydrogens is 376 g/mol. The maximum Gasteiger partial charge on any atom is 0.159 e. The fourth-order valence-electron chi connectivity index (χ4n) is 8.74. The summed E-state index contributed by atoms with van der Waals surface area (Å²) in [5.41, 5.74) is 5.81. The molecule has 0 amide bonds. The molecular formula is C24H42N4O2. The first kappa shape index (κ1) is 22.1. The molecule has 0 bridgehead atoms. The van der Waals surface area contributed by atoms with Gasteiger partial charge >= 0.3 is 0 Å². The second kappa shape index (κ2) is 8.42. The smallest absolute Gasteiger partial charge is 0.159 e. The van der Waals surface area contributed by atoms with Crippen LogP contribution in [0.5, 0.6) is 0 Å². The van der Waals surface area contributed by atoms with Crippen molar-refractivity contribution >= 4 is 12.1 Å². The van der Waals surface area contributed by atoms with Crippen LogP contribution in [0.2, 0.25) is 0 Å². The van der Waals surface area contributed by atoms with Crippen LogP contribution in [0.4, 0.5) is 0 Å². The highest BCUT2D eigenvalue weighted by molar-refractivity contribution is 5.84. The molecule has 0 aliphatic heterocycles. The van der Waals surface area contributed by atoms with Gasteiger partial charge in [0.05, 0.1) is 6.61 Å². The third kappa shape index (κ3) is 3.48. The van der Waals surface area contributed by atoms with Gasteiger partial charge in [-0.2, -0.15) is 5.10 Å². The van der Waals surface area contributed by atoms with Crippen molar-refractivity contribution in [1.82, 2.24) is 5.12 Å². The Labute approximate surface area is 182 Å². The van der Waals surface area contributed by atoms with E-state index in [1.54, 1.807) is 0 Å². The SMILES string of the molecule is COCC12CCC(C)CC1CCC1C3CCC(C(=O)CN(N)/N=C\N)C3(C)CCC12. The Morgan fingerprint density at radius 2 is 1.97 bits per heavy atom. The maximum atomic E-state index is 13.1. The molecule has 8 atom stereocenters. The summed E-state index contributed by atoms with van der Waals surface area (Å²) < 4.78 is 5.89. The number of carbonyl (C=O) groups is 1. The van der Waals surface area contributed by atoms with Crippen molar-refractivity contribution < 1.29 is 9.53 Å². The van der Waals surface area contributed by atoms with Crippen LogP contribution in [-0.4, -0.2) is 37.5 Å². The summed E-state index contributed by atoms with van der Waals surface area (Å²) >= 11 is 0. The van der Waals surface area contributed by atoms with Crippen molar-refractivity contribution in [3.05, 3.63) is 0 Å². The van der Waals surface area contributed by atoms with Gasteiger partial charge in [0.2, 0.25) is 0 Å². The zero-order chi connectivity index (χ0) is 21.5. The predicted molar refractivity (Wildman–Crippen MR) is 119 cm³/mol. The number of rotatable bonds is 6. The van der Waals surface area contributed by atoms with Crippen LogP contribution in [0.3, 0.4) is 0 Å². The van der Waals surface area contributed by atoms with Gasteiger partial charge in [-0.05, 0) is 91.8 Å². The maximum absolute atomic E-state index is 13.1. The summed E-state index contributed by atoms with van der Waals surface area (Å²) in [6, 6.07) is 0. The molecule has 4 aliphatic rings. The van der Waals surface area contributed by atoms with Crippen LogP contribution in [0.1, 0.15) is 71.6 Å². The minimum Gasteiger partial charge on any atom is -0.388 e. The highest BCUT2D eigenvalue weighted by Gasteiger charge is 2.62. The molecule has 30 heavy (non-hydrogen) atoms. The first-order valence-electron chi connectivity index (χ1n) is 12.1. The van der Waals surface area contributed by atoms with Crippen molar-refractivity contribution in [2.24, 2.45) is 63.0 Å². The molecule has 170 valence electrons. The van der Waals surface area contributed by atoms with Crippen molar-refractivity contribution in [1.29, 1.82) is 0 Å². The van der Waals surface area contributed by atoms with Gasteiger partial charge < -0.3 is 10.5 Å². The molecule has 0 aromatic rings. The zero-order valence-electron chi connectivity index (χ0n) is 19.2. The Morgan fingerprint density at radius 1 is 1.17 bits per heavy atom. The average Bonchev–Trinajstić information content (AvgIpc) is 3.06. The number of nitrogens with zero attached hydrogens (tertiary/aromatic N) is 2. The third-order valence-corrected chi connectivity index (χ3v) is 9.96. The normalized spacial score (nSPS) is 45.6. The van der Waals surface area contributed by atoms with Gasteiger partial charge in [-0.25, -0.2) is 11.0 Å². The molecule has 4 rings (SSSR count). The lowest BCUT2D eigenvalue weighted by Crippen LogP contribution is -2.56. The van der Waals surface area contributed by atoms with E-state index in [1.165, 1.54) is 50.1 Å². The zero-order valence-corrected chi connectivity index (χ0v) is 19.2. The predicted octanol–water partition coefficient (Wildman–Crippen LogP) is 3.55. The van der Waals surface area contributed by atoms with Crippen LogP contribution in [0, 0.1) is 46.3 Å². The minimum absolute atomic E-state index is 0.102. The number of ether oxygens (including phenoxy) is 1. The molecule has 4 fully saturated rings. The summed E-state index contributed by atoms with van der Waals surface area (Å²) in [6.07, 6.45) is 12.5. The largest absolute Gasteiger partial charge is 0.388 e. The van der Waals surface area contributed by atoms with E-state index >= 15 is 0 Å². The Kier molecular flexibility index (Phi) is 6.19. The van der Waals surface area contributed by atoms with E-state index in [0.717, 1.165) is 49.5 Å². The molecule has 4 saturated carbocycles. The molecule has 0 aromatic carbocycles. The first-order chi connectivity index (χ1) is 14.4. The van der Waals surface area contributed by atoms with E-state index in [-0.39, 0.29) is 23.7 Å². The van der Waals surface area contributed by atoms with Gasteiger partial charge in [-0.15, -0.1) is 0 Å². The van der Waals surface area contributed by atoms with Crippen molar-refractivity contribution in [3.63, 3.8) is 0 Å². The fraction of sp³-hybridized carbons (Fsp3) is 0.917. The minimum atomic E-state index is 0.102. The number of Topliss-reactive ketones (excluding diaryl/α,β-unsaturated/α-hetero) is 1. The van der Waals surface area contributed by atoms with E-state index in [9.17, 15) is 4.79 Å². The Hall–Kier alpha value is -1.14. The lowest BCUT2D eigenvalue weighted by molar-refractivity contribution is -0.154. The third-order valence-electron chi connectivity index (χ3n) is 9.96.